The largest absolute Gasteiger partial charge is 0.504 e. The zero-order chi connectivity index (χ0) is 13.0. The molecule has 2 rings (SSSR count). The number of hydrogen-bond acceptors (Lipinski definition) is 5. The van der Waals surface area contributed by atoms with E-state index in [4.69, 9.17) is 9.47 Å². The normalized spacial score (nSPS) is 16.5. The Bertz CT molecular complexity index is 427. The highest BCUT2D eigenvalue weighted by molar-refractivity contribution is 5.81. The summed E-state index contributed by atoms with van der Waals surface area (Å²) in [6.07, 6.45) is 0.640. The highest BCUT2D eigenvalue weighted by Gasteiger charge is 2.14. The zero-order valence-corrected chi connectivity index (χ0v) is 10.4. The van der Waals surface area contributed by atoms with Gasteiger partial charge >= 0.3 is 0 Å². The van der Waals surface area contributed by atoms with Crippen LogP contribution in [0.5, 0.6) is 11.5 Å². The molecule has 0 saturated carbocycles. The van der Waals surface area contributed by atoms with Gasteiger partial charge in [0, 0.05) is 19.6 Å². The Morgan fingerprint density at radius 3 is 2.78 bits per heavy atom. The third kappa shape index (κ3) is 2.80. The maximum Gasteiger partial charge on any atom is 0.168 e. The summed E-state index contributed by atoms with van der Waals surface area (Å²) in [6.45, 7) is 3.94. The van der Waals surface area contributed by atoms with Gasteiger partial charge in [-0.15, -0.1) is 0 Å². The maximum atomic E-state index is 10.9. The van der Waals surface area contributed by atoms with Gasteiger partial charge in [0.1, 0.15) is 0 Å². The van der Waals surface area contributed by atoms with Gasteiger partial charge in [-0.25, -0.2) is 0 Å². The lowest BCUT2D eigenvalue weighted by molar-refractivity contribution is 0.0341. The minimum atomic E-state index is -0.0989. The number of ether oxygens (including phenoxy) is 2. The molecule has 1 aromatic rings. The predicted molar refractivity (Wildman–Crippen MR) is 66.1 cm³/mol. The van der Waals surface area contributed by atoms with Gasteiger partial charge < -0.3 is 14.6 Å². The van der Waals surface area contributed by atoms with Crippen LogP contribution in [0, 0.1) is 0 Å². The summed E-state index contributed by atoms with van der Waals surface area (Å²) in [5.41, 5.74) is 1.21. The number of benzene rings is 1. The third-order valence-corrected chi connectivity index (χ3v) is 3.02. The van der Waals surface area contributed by atoms with E-state index in [2.05, 4.69) is 4.90 Å². The molecule has 1 aliphatic rings. The number of morpholine rings is 1. The van der Waals surface area contributed by atoms with Gasteiger partial charge in [0.15, 0.2) is 17.8 Å². The first-order valence-electron chi connectivity index (χ1n) is 5.89. The van der Waals surface area contributed by atoms with Gasteiger partial charge in [0.05, 0.1) is 25.9 Å². The molecule has 18 heavy (non-hydrogen) atoms. The van der Waals surface area contributed by atoms with E-state index in [-0.39, 0.29) is 11.3 Å². The molecule has 0 spiro atoms. The van der Waals surface area contributed by atoms with Gasteiger partial charge in [-0.2, -0.15) is 0 Å². The second-order valence-electron chi connectivity index (χ2n) is 4.24. The van der Waals surface area contributed by atoms with Crippen molar-refractivity contribution in [1.29, 1.82) is 0 Å². The van der Waals surface area contributed by atoms with Crippen LogP contribution in [-0.4, -0.2) is 49.7 Å². The number of carbonyl (C=O) groups excluding carboxylic acids is 1. The number of aldehydes is 1. The van der Waals surface area contributed by atoms with Crippen LogP contribution >= 0.6 is 0 Å². The molecule has 0 atom stereocenters. The summed E-state index contributed by atoms with van der Waals surface area (Å²) >= 11 is 0. The quantitative estimate of drug-likeness (QED) is 0.810. The number of carbonyl (C=O) groups is 1. The molecular formula is C13H17NO4. The van der Waals surface area contributed by atoms with Crippen molar-refractivity contribution in [3.05, 3.63) is 23.3 Å². The van der Waals surface area contributed by atoms with Crippen LogP contribution < -0.4 is 4.74 Å². The Kier molecular flexibility index (Phi) is 4.17. The highest BCUT2D eigenvalue weighted by Crippen LogP contribution is 2.30. The van der Waals surface area contributed by atoms with E-state index in [9.17, 15) is 9.90 Å². The van der Waals surface area contributed by atoms with E-state index >= 15 is 0 Å². The molecule has 0 unspecified atom stereocenters. The van der Waals surface area contributed by atoms with Gasteiger partial charge in [-0.1, -0.05) is 0 Å². The zero-order valence-electron chi connectivity index (χ0n) is 10.4. The predicted octanol–water partition coefficient (Wildman–Crippen LogP) is 1.05. The van der Waals surface area contributed by atoms with Crippen LogP contribution in [0.4, 0.5) is 0 Å². The highest BCUT2D eigenvalue weighted by atomic mass is 16.5. The second kappa shape index (κ2) is 5.84. The van der Waals surface area contributed by atoms with Crippen LogP contribution in [0.25, 0.3) is 0 Å². The summed E-state index contributed by atoms with van der Waals surface area (Å²) in [7, 11) is 1.47. The summed E-state index contributed by atoms with van der Waals surface area (Å²) in [6, 6.07) is 3.46. The van der Waals surface area contributed by atoms with Gasteiger partial charge in [-0.3, -0.25) is 9.69 Å². The van der Waals surface area contributed by atoms with Crippen molar-refractivity contribution in [3.63, 3.8) is 0 Å². The molecule has 0 amide bonds. The van der Waals surface area contributed by atoms with Crippen LogP contribution in [-0.2, 0) is 11.3 Å². The first-order valence-corrected chi connectivity index (χ1v) is 5.89. The number of hydrogen-bond donors (Lipinski definition) is 1. The van der Waals surface area contributed by atoms with Crippen LogP contribution in [0.2, 0.25) is 0 Å². The monoisotopic (exact) mass is 251 g/mol. The van der Waals surface area contributed by atoms with E-state index in [1.807, 2.05) is 0 Å². The molecular weight excluding hydrogens is 234 g/mol. The lowest BCUT2D eigenvalue weighted by Crippen LogP contribution is -2.35. The van der Waals surface area contributed by atoms with Crippen molar-refractivity contribution in [3.8, 4) is 11.5 Å². The molecule has 0 bridgehead atoms. The van der Waals surface area contributed by atoms with Gasteiger partial charge in [0.25, 0.3) is 0 Å². The fourth-order valence-electron chi connectivity index (χ4n) is 2.04. The molecule has 1 fully saturated rings. The molecule has 1 saturated heterocycles. The average Bonchev–Trinajstić information content (AvgIpc) is 2.41. The minimum Gasteiger partial charge on any atom is -0.504 e. The minimum absolute atomic E-state index is 0.0989. The fraction of sp³-hybridized carbons (Fsp3) is 0.462. The number of phenols is 1. The second-order valence-corrected chi connectivity index (χ2v) is 4.24. The molecule has 0 radical (unpaired) electrons. The lowest BCUT2D eigenvalue weighted by atomic mass is 10.1. The topological polar surface area (TPSA) is 59.0 Å². The number of phenolic OH excluding ortho intramolecular Hbond substituents is 1. The van der Waals surface area contributed by atoms with Crippen molar-refractivity contribution >= 4 is 6.29 Å². The Labute approximate surface area is 106 Å². The van der Waals surface area contributed by atoms with E-state index in [1.165, 1.54) is 7.11 Å². The molecule has 1 aromatic carbocycles. The molecule has 1 aliphatic heterocycles. The molecule has 98 valence electrons. The fourth-order valence-corrected chi connectivity index (χ4v) is 2.04. The molecule has 5 nitrogen and oxygen atoms in total. The number of methoxy groups -OCH3 is 1. The van der Waals surface area contributed by atoms with Gasteiger partial charge in [0.2, 0.25) is 0 Å². The van der Waals surface area contributed by atoms with Crippen LogP contribution in [0.15, 0.2) is 12.1 Å². The van der Waals surface area contributed by atoms with Crippen LogP contribution in [0.3, 0.4) is 0 Å². The summed E-state index contributed by atoms with van der Waals surface area (Å²) in [5.74, 6) is 0.237. The van der Waals surface area contributed by atoms with E-state index < -0.39 is 0 Å². The lowest BCUT2D eigenvalue weighted by Gasteiger charge is -2.26. The van der Waals surface area contributed by atoms with E-state index in [0.29, 0.717) is 12.0 Å². The standard InChI is InChI=1S/C13H17NO4/c1-17-12-7-10(6-11(9-15)13(12)16)8-14-2-4-18-5-3-14/h6-7,9,16H,2-5,8H2,1H3. The van der Waals surface area contributed by atoms with Crippen molar-refractivity contribution < 1.29 is 19.4 Å². The number of rotatable bonds is 4. The smallest absolute Gasteiger partial charge is 0.168 e. The summed E-state index contributed by atoms with van der Waals surface area (Å²) in [5, 5.41) is 9.73. The van der Waals surface area contributed by atoms with E-state index in [1.54, 1.807) is 12.1 Å². The maximum absolute atomic E-state index is 10.9. The average molecular weight is 251 g/mol. The number of aromatic hydroxyl groups is 1. The first kappa shape index (κ1) is 12.9. The SMILES string of the molecule is COc1cc(CN2CCOCC2)cc(C=O)c1O. The Morgan fingerprint density at radius 1 is 1.44 bits per heavy atom. The van der Waals surface area contributed by atoms with Gasteiger partial charge in [-0.05, 0) is 17.7 Å². The third-order valence-electron chi connectivity index (χ3n) is 3.02. The molecule has 1 N–H and O–H groups in total. The van der Waals surface area contributed by atoms with E-state index in [0.717, 1.165) is 38.4 Å². The Morgan fingerprint density at radius 2 is 2.17 bits per heavy atom. The van der Waals surface area contributed by atoms with Crippen LogP contribution in [0.1, 0.15) is 15.9 Å². The van der Waals surface area contributed by atoms with Crippen molar-refractivity contribution in [2.45, 2.75) is 6.54 Å². The number of nitrogens with zero attached hydrogens (tertiary/aromatic N) is 1. The molecule has 1 heterocycles. The molecule has 0 aliphatic carbocycles. The summed E-state index contributed by atoms with van der Waals surface area (Å²) in [4.78, 5) is 13.1. The molecule has 0 aromatic heterocycles. The van der Waals surface area contributed by atoms with Crippen molar-refractivity contribution in [2.75, 3.05) is 33.4 Å². The summed E-state index contributed by atoms with van der Waals surface area (Å²) < 4.78 is 10.3. The van der Waals surface area contributed by atoms with Crippen molar-refractivity contribution in [1.82, 2.24) is 4.90 Å². The Hall–Kier alpha value is -1.59. The molecule has 5 heteroatoms. The van der Waals surface area contributed by atoms with Crippen molar-refractivity contribution in [2.24, 2.45) is 0 Å². The first-order chi connectivity index (χ1) is 8.74. The Balaban J connectivity index is 2.19.